The van der Waals surface area contributed by atoms with Crippen LogP contribution in [0.15, 0.2) is 67.0 Å². The van der Waals surface area contributed by atoms with Crippen LogP contribution in [0.2, 0.25) is 5.02 Å². The van der Waals surface area contributed by atoms with Crippen molar-refractivity contribution in [1.82, 2.24) is 29.8 Å². The van der Waals surface area contributed by atoms with E-state index in [9.17, 15) is 14.4 Å². The van der Waals surface area contributed by atoms with E-state index in [0.29, 0.717) is 40.2 Å². The molecule has 2 saturated heterocycles. The number of nitrogens with zero attached hydrogens (tertiary/aromatic N) is 8. The predicted molar refractivity (Wildman–Crippen MR) is 240 cm³/mol. The van der Waals surface area contributed by atoms with E-state index in [1.54, 1.807) is 4.90 Å². The van der Waals surface area contributed by atoms with Crippen molar-refractivity contribution >= 4 is 63.7 Å². The quantitative estimate of drug-likeness (QED) is 0.135. The third kappa shape index (κ3) is 8.35. The molecule has 10 rings (SSSR count). The molecule has 0 atom stereocenters. The number of carbonyl (C=O) groups excluding carboxylic acids is 3. The van der Waals surface area contributed by atoms with Gasteiger partial charge in [-0.25, -0.2) is 14.3 Å². The summed E-state index contributed by atoms with van der Waals surface area (Å²) in [5.41, 5.74) is 14.8. The summed E-state index contributed by atoms with van der Waals surface area (Å²) in [7, 11) is 3.96. The van der Waals surface area contributed by atoms with E-state index in [1.165, 1.54) is 66.8 Å². The van der Waals surface area contributed by atoms with Gasteiger partial charge in [0.2, 0.25) is 5.91 Å². The number of rotatable bonds is 9. The van der Waals surface area contributed by atoms with Gasteiger partial charge in [-0.2, -0.15) is 0 Å². The average molecular weight is 844 g/mol. The summed E-state index contributed by atoms with van der Waals surface area (Å²) in [4.78, 5) is 54.3. The van der Waals surface area contributed by atoms with Gasteiger partial charge in [-0.1, -0.05) is 49.1 Å². The molecule has 5 aromatic rings. The highest BCUT2D eigenvalue weighted by molar-refractivity contribution is 6.34. The van der Waals surface area contributed by atoms with Gasteiger partial charge in [0, 0.05) is 75.4 Å². The maximum absolute atomic E-state index is 12.5. The molecule has 4 fully saturated rings. The van der Waals surface area contributed by atoms with Crippen LogP contribution in [0, 0.1) is 5.41 Å². The Bertz CT molecular complexity index is 2450. The first-order valence-corrected chi connectivity index (χ1v) is 22.0. The molecule has 6 heterocycles. The lowest BCUT2D eigenvalue weighted by Gasteiger charge is -2.47. The number of likely N-dealkylation sites (tertiary alicyclic amines) is 1. The number of urea groups is 1. The van der Waals surface area contributed by atoms with Crippen molar-refractivity contribution in [3.63, 3.8) is 0 Å². The van der Waals surface area contributed by atoms with Gasteiger partial charge in [-0.05, 0) is 105 Å². The highest BCUT2D eigenvalue weighted by Crippen LogP contribution is 2.47. The molecule has 2 saturated carbocycles. The fourth-order valence-electron chi connectivity index (χ4n) is 9.51. The molecule has 61 heavy (non-hydrogen) atoms. The van der Waals surface area contributed by atoms with Crippen molar-refractivity contribution in [3.8, 4) is 11.3 Å². The van der Waals surface area contributed by atoms with Crippen molar-refractivity contribution in [1.29, 1.82) is 0 Å². The first-order valence-electron chi connectivity index (χ1n) is 21.7. The number of hydrogen-bond donors (Lipinski definition) is 3. The van der Waals surface area contributed by atoms with Gasteiger partial charge in [0.15, 0.2) is 11.5 Å². The number of nitrogens with one attached hydrogen (secondary N) is 2. The maximum atomic E-state index is 12.5. The second-order valence-corrected chi connectivity index (χ2v) is 17.6. The number of benzene rings is 2. The molecule has 1 spiro atoms. The highest BCUT2D eigenvalue weighted by Gasteiger charge is 2.39. The number of amides is 4. The predicted octanol–water partition coefficient (Wildman–Crippen LogP) is 7.56. The van der Waals surface area contributed by atoms with E-state index >= 15 is 0 Å². The minimum Gasteiger partial charge on any atom is -0.385 e. The largest absolute Gasteiger partial charge is 0.385 e. The number of halogens is 1. The Hall–Kier alpha value is -5.73. The molecule has 318 valence electrons. The Balaban J connectivity index is 0.00000152. The first-order chi connectivity index (χ1) is 29.6. The number of anilines is 5. The molecule has 3 aliphatic heterocycles. The van der Waals surface area contributed by atoms with Gasteiger partial charge >= 0.3 is 6.03 Å². The minimum absolute atomic E-state index is 0.237. The van der Waals surface area contributed by atoms with Gasteiger partial charge in [-0.3, -0.25) is 29.7 Å². The number of imide groups is 1. The van der Waals surface area contributed by atoms with Crippen LogP contribution in [0.25, 0.3) is 16.9 Å². The Labute approximate surface area is 361 Å². The molecule has 0 unspecified atom stereocenters. The summed E-state index contributed by atoms with van der Waals surface area (Å²) in [5.74, 6) is -0.129. The summed E-state index contributed by atoms with van der Waals surface area (Å²) in [6.45, 7) is 4.13. The van der Waals surface area contributed by atoms with Crippen LogP contribution in [0.3, 0.4) is 0 Å². The molecule has 4 amide bonds. The number of piperidine rings is 1. The number of aromatic nitrogens is 4. The van der Waals surface area contributed by atoms with E-state index < -0.39 is 11.9 Å². The Morgan fingerprint density at radius 2 is 1.69 bits per heavy atom. The van der Waals surface area contributed by atoms with E-state index in [1.807, 2.05) is 37.5 Å². The van der Waals surface area contributed by atoms with Crippen LogP contribution in [0.5, 0.6) is 0 Å². The number of nitrogens with two attached hydrogens (primary N) is 1. The summed E-state index contributed by atoms with van der Waals surface area (Å²) < 4.78 is 1.52. The second kappa shape index (κ2) is 17.0. The summed E-state index contributed by atoms with van der Waals surface area (Å²) in [6, 6.07) is 18.5. The lowest BCUT2D eigenvalue weighted by Crippen LogP contribution is -2.49. The third-order valence-corrected chi connectivity index (χ3v) is 13.6. The maximum Gasteiger partial charge on any atom is 0.328 e. The van der Waals surface area contributed by atoms with E-state index in [0.717, 1.165) is 73.8 Å². The Kier molecular flexibility index (Phi) is 11.3. The SMILES string of the molecule is C1CC1.CNc1cc(N2CCc3c(-c4ccc(CN5CCC6(CCC(N(C)c7ccc(Cl)c(N8CCC(=O)NC8=O)c7)CC6)CC5)cn4)cccc32)nn2c(C(N)=O)cnc12. The summed E-state index contributed by atoms with van der Waals surface area (Å²) in [5, 5.41) is 10.9. The minimum atomic E-state index is -0.579. The number of primary amides is 1. The zero-order valence-electron chi connectivity index (χ0n) is 35.0. The van der Waals surface area contributed by atoms with Crippen molar-refractivity contribution in [2.45, 2.75) is 83.2 Å². The van der Waals surface area contributed by atoms with Crippen molar-refractivity contribution in [2.75, 3.05) is 60.3 Å². The monoisotopic (exact) mass is 843 g/mol. The first kappa shape index (κ1) is 40.7. The van der Waals surface area contributed by atoms with Gasteiger partial charge < -0.3 is 20.9 Å². The van der Waals surface area contributed by atoms with Gasteiger partial charge in [0.1, 0.15) is 5.69 Å². The molecule has 0 radical (unpaired) electrons. The number of pyridine rings is 1. The molecule has 0 bridgehead atoms. The Morgan fingerprint density at radius 3 is 2.38 bits per heavy atom. The smallest absolute Gasteiger partial charge is 0.328 e. The molecular weight excluding hydrogens is 790 g/mol. The fourth-order valence-corrected chi connectivity index (χ4v) is 9.73. The number of hydrogen-bond acceptors (Lipinski definition) is 10. The van der Waals surface area contributed by atoms with Crippen LogP contribution < -0.4 is 31.1 Å². The zero-order valence-corrected chi connectivity index (χ0v) is 35.8. The van der Waals surface area contributed by atoms with E-state index in [2.05, 4.69) is 67.7 Å². The molecule has 4 N–H and O–H groups in total. The second-order valence-electron chi connectivity index (χ2n) is 17.2. The molecule has 15 heteroatoms. The van der Waals surface area contributed by atoms with Crippen molar-refractivity contribution in [2.24, 2.45) is 11.1 Å². The topological polar surface area (TPSA) is 157 Å². The normalized spacial score (nSPS) is 18.7. The lowest BCUT2D eigenvalue weighted by molar-refractivity contribution is -0.120. The van der Waals surface area contributed by atoms with Gasteiger partial charge in [0.25, 0.3) is 5.91 Å². The molecule has 5 aliphatic rings. The van der Waals surface area contributed by atoms with Crippen LogP contribution in [-0.2, 0) is 17.8 Å². The number of imidazole rings is 1. The molecule has 2 aliphatic carbocycles. The average Bonchev–Trinajstić information content (AvgIpc) is 3.99. The van der Waals surface area contributed by atoms with Gasteiger partial charge in [-0.15, -0.1) is 5.10 Å². The standard InChI is InChI=1S/C43H48ClN11O3.C3H6/c1-46-34-23-38(50-55-37(40(45)57)25-48-41(34)55)53-18-12-31-30(4-3-5-35(31)53)33-9-6-27(24-47-33)26-52-20-16-43(17-21-52)14-10-28(11-15-43)51(2)29-7-8-32(44)36(22-29)54-19-13-39(56)49-42(54)58;1-2-3-1/h3-9,22-25,28,46H,10-21,26H2,1-2H3,(H2,45,57)(H,49,56,58);1-3H2. The van der Waals surface area contributed by atoms with Crippen molar-refractivity contribution < 1.29 is 14.4 Å². The molecule has 14 nitrogen and oxygen atoms in total. The highest BCUT2D eigenvalue weighted by atomic mass is 35.5. The van der Waals surface area contributed by atoms with Crippen LogP contribution in [-0.4, -0.2) is 88.6 Å². The van der Waals surface area contributed by atoms with Crippen molar-refractivity contribution in [3.05, 3.63) is 88.8 Å². The number of carbonyl (C=O) groups is 3. The van der Waals surface area contributed by atoms with Crippen LogP contribution in [0.4, 0.5) is 33.4 Å². The third-order valence-electron chi connectivity index (χ3n) is 13.3. The van der Waals surface area contributed by atoms with Gasteiger partial charge in [0.05, 0.1) is 28.3 Å². The fraction of sp³-hybridized carbons (Fsp3) is 0.435. The van der Waals surface area contributed by atoms with Crippen LogP contribution >= 0.6 is 11.6 Å². The zero-order chi connectivity index (χ0) is 42.3. The lowest BCUT2D eigenvalue weighted by atomic mass is 9.66. The molecular formula is C46H54ClN11O3. The number of fused-ring (bicyclic) bond motifs is 2. The van der Waals surface area contributed by atoms with Crippen LogP contribution in [0.1, 0.15) is 85.8 Å². The summed E-state index contributed by atoms with van der Waals surface area (Å²) >= 11 is 6.53. The summed E-state index contributed by atoms with van der Waals surface area (Å²) in [6.07, 6.45) is 16.2. The van der Waals surface area contributed by atoms with E-state index in [-0.39, 0.29) is 18.0 Å². The van der Waals surface area contributed by atoms with E-state index in [4.69, 9.17) is 27.4 Å². The molecule has 3 aromatic heterocycles. The molecule has 2 aromatic carbocycles. The Morgan fingerprint density at radius 1 is 0.918 bits per heavy atom.